The molecule has 2 N–H and O–H groups in total. The molecule has 1 aliphatic heterocycles. The van der Waals surface area contributed by atoms with E-state index in [1.165, 1.54) is 24.0 Å². The summed E-state index contributed by atoms with van der Waals surface area (Å²) in [7, 11) is 0. The first-order chi connectivity index (χ1) is 8.83. The predicted octanol–water partition coefficient (Wildman–Crippen LogP) is 2.54. The summed E-state index contributed by atoms with van der Waals surface area (Å²) in [4.78, 5) is 0. The summed E-state index contributed by atoms with van der Waals surface area (Å²) in [6, 6.07) is 6.78. The molecule has 98 valence electrons. The van der Waals surface area contributed by atoms with E-state index in [-0.39, 0.29) is 0 Å². The Kier molecular flexibility index (Phi) is 3.52. The van der Waals surface area contributed by atoms with Crippen LogP contribution in [0.4, 0.5) is 0 Å². The zero-order chi connectivity index (χ0) is 12.4. The van der Waals surface area contributed by atoms with Crippen molar-refractivity contribution in [1.29, 1.82) is 0 Å². The maximum absolute atomic E-state index is 9.66. The molecule has 0 spiro atoms. The van der Waals surface area contributed by atoms with Crippen LogP contribution in [0, 0.1) is 0 Å². The van der Waals surface area contributed by atoms with Gasteiger partial charge in [0.15, 0.2) is 0 Å². The second-order valence-corrected chi connectivity index (χ2v) is 5.38. The fourth-order valence-electron chi connectivity index (χ4n) is 3.11. The zero-order valence-corrected chi connectivity index (χ0v) is 10.7. The van der Waals surface area contributed by atoms with Crippen LogP contribution in [-0.4, -0.2) is 24.4 Å². The van der Waals surface area contributed by atoms with Crippen molar-refractivity contribution < 1.29 is 9.84 Å². The van der Waals surface area contributed by atoms with Gasteiger partial charge in [-0.2, -0.15) is 0 Å². The molecule has 0 radical (unpaired) electrons. The Morgan fingerprint density at radius 2 is 2.00 bits per heavy atom. The Hall–Kier alpha value is -1.06. The molecule has 1 aliphatic carbocycles. The lowest BCUT2D eigenvalue weighted by Crippen LogP contribution is -2.38. The largest absolute Gasteiger partial charge is 0.508 e. The van der Waals surface area contributed by atoms with Crippen molar-refractivity contribution in [3.8, 4) is 5.75 Å². The van der Waals surface area contributed by atoms with Crippen molar-refractivity contribution in [3.63, 3.8) is 0 Å². The van der Waals surface area contributed by atoms with Crippen LogP contribution in [-0.2, 0) is 11.2 Å². The quantitative estimate of drug-likeness (QED) is 0.844. The molecule has 1 saturated heterocycles. The lowest BCUT2D eigenvalue weighted by atomic mass is 9.86. The van der Waals surface area contributed by atoms with Gasteiger partial charge in [0, 0.05) is 25.3 Å². The van der Waals surface area contributed by atoms with Crippen LogP contribution in [0.5, 0.6) is 5.75 Å². The van der Waals surface area contributed by atoms with Gasteiger partial charge >= 0.3 is 0 Å². The number of aromatic hydroxyl groups is 1. The summed E-state index contributed by atoms with van der Waals surface area (Å²) in [5.74, 6) is 0.384. The summed E-state index contributed by atoms with van der Waals surface area (Å²) in [5.41, 5.74) is 2.69. The Morgan fingerprint density at radius 3 is 2.83 bits per heavy atom. The highest BCUT2D eigenvalue weighted by atomic mass is 16.5. The number of phenols is 1. The van der Waals surface area contributed by atoms with Gasteiger partial charge < -0.3 is 15.2 Å². The maximum atomic E-state index is 9.66. The van der Waals surface area contributed by atoms with Gasteiger partial charge in [0.25, 0.3) is 0 Å². The second kappa shape index (κ2) is 5.29. The van der Waals surface area contributed by atoms with Crippen molar-refractivity contribution in [1.82, 2.24) is 5.32 Å². The van der Waals surface area contributed by atoms with Gasteiger partial charge in [-0.3, -0.25) is 0 Å². The molecule has 3 heteroatoms. The lowest BCUT2D eigenvalue weighted by molar-refractivity contribution is 0.0741. The molecule has 0 saturated carbocycles. The zero-order valence-electron chi connectivity index (χ0n) is 10.7. The van der Waals surface area contributed by atoms with Crippen molar-refractivity contribution in [2.75, 3.05) is 13.2 Å². The molecule has 3 nitrogen and oxygen atoms in total. The minimum absolute atomic E-state index is 0.384. The van der Waals surface area contributed by atoms with Gasteiger partial charge in [-0.05, 0) is 55.4 Å². The SMILES string of the molecule is Oc1ccc2c(c1)C(NC1CCOCC1)CCC2. The number of aryl methyl sites for hydroxylation is 1. The van der Waals surface area contributed by atoms with E-state index in [1.54, 1.807) is 6.07 Å². The number of fused-ring (bicyclic) bond motifs is 1. The van der Waals surface area contributed by atoms with Gasteiger partial charge in [0.05, 0.1) is 0 Å². The van der Waals surface area contributed by atoms with Gasteiger partial charge in [-0.15, -0.1) is 0 Å². The van der Waals surface area contributed by atoms with Crippen LogP contribution in [0.1, 0.15) is 42.9 Å². The second-order valence-electron chi connectivity index (χ2n) is 5.38. The van der Waals surface area contributed by atoms with E-state index in [1.807, 2.05) is 6.07 Å². The number of nitrogens with one attached hydrogen (secondary N) is 1. The molecular formula is C15H21NO2. The first kappa shape index (κ1) is 12.0. The Bertz CT molecular complexity index is 413. The monoisotopic (exact) mass is 247 g/mol. The summed E-state index contributed by atoms with van der Waals surface area (Å²) < 4.78 is 5.40. The molecule has 18 heavy (non-hydrogen) atoms. The normalized spacial score (nSPS) is 24.8. The third-order valence-corrected chi connectivity index (χ3v) is 4.10. The highest BCUT2D eigenvalue weighted by Gasteiger charge is 2.24. The molecule has 1 aromatic carbocycles. The molecule has 2 aliphatic rings. The third-order valence-electron chi connectivity index (χ3n) is 4.10. The highest BCUT2D eigenvalue weighted by Crippen LogP contribution is 2.33. The average molecular weight is 247 g/mol. The molecule has 1 heterocycles. The van der Waals surface area contributed by atoms with Gasteiger partial charge in [-0.25, -0.2) is 0 Å². The standard InChI is InChI=1S/C15H21NO2/c17-13-5-4-11-2-1-3-15(14(11)10-13)16-12-6-8-18-9-7-12/h4-5,10,12,15-17H,1-3,6-9H2. The molecule has 0 aromatic heterocycles. The van der Waals surface area contributed by atoms with Gasteiger partial charge in [0.1, 0.15) is 5.75 Å². The smallest absolute Gasteiger partial charge is 0.115 e. The molecule has 1 aromatic rings. The minimum Gasteiger partial charge on any atom is -0.508 e. The fourth-order valence-corrected chi connectivity index (χ4v) is 3.11. The fraction of sp³-hybridized carbons (Fsp3) is 0.600. The summed E-state index contributed by atoms with van der Waals surface area (Å²) >= 11 is 0. The molecule has 1 unspecified atom stereocenters. The molecule has 0 bridgehead atoms. The third kappa shape index (κ3) is 2.52. The van der Waals surface area contributed by atoms with Crippen molar-refractivity contribution >= 4 is 0 Å². The maximum Gasteiger partial charge on any atom is 0.115 e. The van der Waals surface area contributed by atoms with Crippen LogP contribution >= 0.6 is 0 Å². The lowest BCUT2D eigenvalue weighted by Gasteiger charge is -2.32. The summed E-state index contributed by atoms with van der Waals surface area (Å²) in [6.07, 6.45) is 5.75. The molecule has 0 amide bonds. The van der Waals surface area contributed by atoms with Gasteiger partial charge in [0.2, 0.25) is 0 Å². The molecule has 1 fully saturated rings. The number of hydrogen-bond donors (Lipinski definition) is 2. The number of phenolic OH excluding ortho intramolecular Hbond substituents is 1. The van der Waals surface area contributed by atoms with Crippen LogP contribution < -0.4 is 5.32 Å². The number of hydrogen-bond acceptors (Lipinski definition) is 3. The van der Waals surface area contributed by atoms with Crippen LogP contribution in [0.2, 0.25) is 0 Å². The number of rotatable bonds is 2. The van der Waals surface area contributed by atoms with Crippen molar-refractivity contribution in [3.05, 3.63) is 29.3 Å². The van der Waals surface area contributed by atoms with Crippen molar-refractivity contribution in [2.45, 2.75) is 44.2 Å². The molecular weight excluding hydrogens is 226 g/mol. The van der Waals surface area contributed by atoms with Crippen molar-refractivity contribution in [2.24, 2.45) is 0 Å². The van der Waals surface area contributed by atoms with E-state index >= 15 is 0 Å². The number of benzene rings is 1. The summed E-state index contributed by atoms with van der Waals surface area (Å²) in [6.45, 7) is 1.74. The Balaban J connectivity index is 1.75. The first-order valence-corrected chi connectivity index (χ1v) is 6.98. The Labute approximate surface area is 108 Å². The minimum atomic E-state index is 0.384. The average Bonchev–Trinajstić information content (AvgIpc) is 2.41. The van der Waals surface area contributed by atoms with Crippen LogP contribution in [0.25, 0.3) is 0 Å². The van der Waals surface area contributed by atoms with Crippen LogP contribution in [0.15, 0.2) is 18.2 Å². The molecule has 1 atom stereocenters. The highest BCUT2D eigenvalue weighted by molar-refractivity contribution is 5.38. The van der Waals surface area contributed by atoms with E-state index in [2.05, 4.69) is 11.4 Å². The van der Waals surface area contributed by atoms with E-state index < -0.39 is 0 Å². The number of ether oxygens (including phenoxy) is 1. The van der Waals surface area contributed by atoms with E-state index in [0.29, 0.717) is 17.8 Å². The van der Waals surface area contributed by atoms with E-state index in [9.17, 15) is 5.11 Å². The summed E-state index contributed by atoms with van der Waals surface area (Å²) in [5, 5.41) is 13.4. The topological polar surface area (TPSA) is 41.5 Å². The predicted molar refractivity (Wildman–Crippen MR) is 70.8 cm³/mol. The Morgan fingerprint density at radius 1 is 1.17 bits per heavy atom. The van der Waals surface area contributed by atoms with E-state index in [0.717, 1.165) is 32.5 Å². The van der Waals surface area contributed by atoms with Crippen LogP contribution in [0.3, 0.4) is 0 Å². The molecule has 3 rings (SSSR count). The van der Waals surface area contributed by atoms with E-state index in [4.69, 9.17) is 4.74 Å². The van der Waals surface area contributed by atoms with Gasteiger partial charge in [-0.1, -0.05) is 6.07 Å². The first-order valence-electron chi connectivity index (χ1n) is 6.98.